The maximum absolute atomic E-state index is 11.9. The number of rotatable bonds is 6. The van der Waals surface area contributed by atoms with E-state index in [0.717, 1.165) is 11.1 Å². The van der Waals surface area contributed by atoms with Crippen molar-refractivity contribution >= 4 is 12.0 Å². The molecule has 1 N–H and O–H groups in total. The number of ether oxygens (including phenoxy) is 1. The van der Waals surface area contributed by atoms with Crippen molar-refractivity contribution in [3.8, 4) is 0 Å². The predicted molar refractivity (Wildman–Crippen MR) is 75.7 cm³/mol. The van der Waals surface area contributed by atoms with Gasteiger partial charge in [-0.25, -0.2) is 0 Å². The lowest BCUT2D eigenvalue weighted by molar-refractivity contribution is -0.126. The molecule has 0 aromatic heterocycles. The molecule has 0 bridgehead atoms. The molecule has 0 aliphatic heterocycles. The lowest BCUT2D eigenvalue weighted by Crippen LogP contribution is -2.35. The molecular formula is C15H21NO3. The molecule has 0 radical (unpaired) electrons. The van der Waals surface area contributed by atoms with Crippen molar-refractivity contribution in [1.29, 1.82) is 0 Å². The molecule has 4 heteroatoms. The summed E-state index contributed by atoms with van der Waals surface area (Å²) in [5.74, 6) is -0.140. The van der Waals surface area contributed by atoms with Crippen molar-refractivity contribution in [3.05, 3.63) is 41.5 Å². The molecule has 0 heterocycles. The Hall–Kier alpha value is -1.65. The third-order valence-electron chi connectivity index (χ3n) is 2.81. The van der Waals surface area contributed by atoms with E-state index >= 15 is 0 Å². The van der Waals surface area contributed by atoms with Crippen LogP contribution in [-0.2, 0) is 9.53 Å². The summed E-state index contributed by atoms with van der Waals surface area (Å²) in [5.41, 5.74) is 2.13. The van der Waals surface area contributed by atoms with E-state index in [2.05, 4.69) is 0 Å². The van der Waals surface area contributed by atoms with Gasteiger partial charge in [-0.2, -0.15) is 0 Å². The summed E-state index contributed by atoms with van der Waals surface area (Å²) in [5, 5.41) is 9.55. The fourth-order valence-corrected chi connectivity index (χ4v) is 1.71. The van der Waals surface area contributed by atoms with Gasteiger partial charge >= 0.3 is 0 Å². The van der Waals surface area contributed by atoms with E-state index in [1.54, 1.807) is 13.1 Å². The van der Waals surface area contributed by atoms with Crippen molar-refractivity contribution in [3.63, 3.8) is 0 Å². The van der Waals surface area contributed by atoms with Gasteiger partial charge in [-0.05, 0) is 24.1 Å². The summed E-state index contributed by atoms with van der Waals surface area (Å²) in [6, 6.07) is 7.85. The minimum atomic E-state index is -0.661. The van der Waals surface area contributed by atoms with Crippen LogP contribution in [0.15, 0.2) is 30.3 Å². The molecule has 0 spiro atoms. The van der Waals surface area contributed by atoms with E-state index in [0.29, 0.717) is 0 Å². The monoisotopic (exact) mass is 263 g/mol. The number of nitrogens with zero attached hydrogens (tertiary/aromatic N) is 1. The van der Waals surface area contributed by atoms with Crippen molar-refractivity contribution in [2.24, 2.45) is 0 Å². The van der Waals surface area contributed by atoms with E-state index in [1.807, 2.05) is 31.2 Å². The van der Waals surface area contributed by atoms with Crippen molar-refractivity contribution in [2.45, 2.75) is 13.0 Å². The molecule has 0 aliphatic carbocycles. The summed E-state index contributed by atoms with van der Waals surface area (Å²) in [7, 11) is 3.17. The summed E-state index contributed by atoms with van der Waals surface area (Å²) in [6.07, 6.45) is 2.64. The number of aryl methyl sites for hydroxylation is 1. The minimum absolute atomic E-state index is 0.140. The van der Waals surface area contributed by atoms with Crippen LogP contribution in [0.4, 0.5) is 0 Å². The van der Waals surface area contributed by atoms with Crippen LogP contribution >= 0.6 is 0 Å². The lowest BCUT2D eigenvalue weighted by atomic mass is 10.1. The molecule has 0 fully saturated rings. The van der Waals surface area contributed by atoms with Crippen LogP contribution in [0.2, 0.25) is 0 Å². The average molecular weight is 263 g/mol. The molecular weight excluding hydrogens is 242 g/mol. The highest BCUT2D eigenvalue weighted by atomic mass is 16.5. The molecule has 104 valence electrons. The Morgan fingerprint density at radius 2 is 2.16 bits per heavy atom. The third kappa shape index (κ3) is 5.24. The molecule has 1 rings (SSSR count). The van der Waals surface area contributed by atoms with E-state index in [4.69, 9.17) is 4.74 Å². The van der Waals surface area contributed by atoms with Gasteiger partial charge in [-0.1, -0.05) is 24.3 Å². The molecule has 0 saturated carbocycles. The number of amides is 1. The number of hydrogen-bond acceptors (Lipinski definition) is 3. The van der Waals surface area contributed by atoms with Crippen LogP contribution in [0.3, 0.4) is 0 Å². The smallest absolute Gasteiger partial charge is 0.246 e. The zero-order chi connectivity index (χ0) is 14.3. The third-order valence-corrected chi connectivity index (χ3v) is 2.81. The van der Waals surface area contributed by atoms with Gasteiger partial charge in [0, 0.05) is 26.8 Å². The Morgan fingerprint density at radius 1 is 1.47 bits per heavy atom. The van der Waals surface area contributed by atoms with E-state index in [1.165, 1.54) is 18.1 Å². The molecule has 19 heavy (non-hydrogen) atoms. The Kier molecular flexibility index (Phi) is 6.25. The second-order valence-electron chi connectivity index (χ2n) is 4.52. The van der Waals surface area contributed by atoms with Crippen LogP contribution in [0, 0.1) is 6.92 Å². The Balaban J connectivity index is 2.57. The minimum Gasteiger partial charge on any atom is -0.389 e. The molecule has 1 aromatic rings. The second-order valence-corrected chi connectivity index (χ2v) is 4.52. The molecule has 1 amide bonds. The number of hydrogen-bond donors (Lipinski definition) is 1. The first-order valence-electron chi connectivity index (χ1n) is 6.20. The van der Waals surface area contributed by atoms with Gasteiger partial charge in [0.15, 0.2) is 0 Å². The standard InChI is InChI=1S/C15H21NO3/c1-12-6-4-5-7-13(12)8-9-15(18)16(2)10-14(17)11-19-3/h4-9,14,17H,10-11H2,1-3H3. The van der Waals surface area contributed by atoms with Crippen LogP contribution < -0.4 is 0 Å². The summed E-state index contributed by atoms with van der Waals surface area (Å²) >= 11 is 0. The maximum Gasteiger partial charge on any atom is 0.246 e. The van der Waals surface area contributed by atoms with Gasteiger partial charge in [0.1, 0.15) is 0 Å². The highest BCUT2D eigenvalue weighted by Gasteiger charge is 2.11. The topological polar surface area (TPSA) is 49.8 Å². The maximum atomic E-state index is 11.9. The quantitative estimate of drug-likeness (QED) is 0.791. The highest BCUT2D eigenvalue weighted by Crippen LogP contribution is 2.09. The van der Waals surface area contributed by atoms with Crippen LogP contribution in [0.5, 0.6) is 0 Å². The van der Waals surface area contributed by atoms with Crippen molar-refractivity contribution in [2.75, 3.05) is 27.3 Å². The highest BCUT2D eigenvalue weighted by molar-refractivity contribution is 5.91. The zero-order valence-electron chi connectivity index (χ0n) is 11.7. The Morgan fingerprint density at radius 3 is 2.79 bits per heavy atom. The Labute approximate surface area is 114 Å². The number of benzene rings is 1. The van der Waals surface area contributed by atoms with Gasteiger partial charge < -0.3 is 14.7 Å². The van der Waals surface area contributed by atoms with Gasteiger partial charge in [-0.15, -0.1) is 0 Å². The fraction of sp³-hybridized carbons (Fsp3) is 0.400. The zero-order valence-corrected chi connectivity index (χ0v) is 11.7. The van der Waals surface area contributed by atoms with Crippen molar-refractivity contribution in [1.82, 2.24) is 4.90 Å². The number of aliphatic hydroxyl groups is 1. The van der Waals surface area contributed by atoms with Gasteiger partial charge in [0.2, 0.25) is 5.91 Å². The van der Waals surface area contributed by atoms with Crippen LogP contribution in [0.25, 0.3) is 6.08 Å². The number of methoxy groups -OCH3 is 1. The predicted octanol–water partition coefficient (Wildman–Crippen LogP) is 1.47. The summed E-state index contributed by atoms with van der Waals surface area (Å²) in [6.45, 7) is 2.47. The first kappa shape index (κ1) is 15.4. The van der Waals surface area contributed by atoms with E-state index in [-0.39, 0.29) is 19.1 Å². The normalized spacial score (nSPS) is 12.6. The molecule has 4 nitrogen and oxygen atoms in total. The largest absolute Gasteiger partial charge is 0.389 e. The number of carbonyl (C=O) groups excluding carboxylic acids is 1. The number of carbonyl (C=O) groups is 1. The summed E-state index contributed by atoms with van der Waals surface area (Å²) < 4.78 is 4.82. The van der Waals surface area contributed by atoms with E-state index in [9.17, 15) is 9.90 Å². The fourth-order valence-electron chi connectivity index (χ4n) is 1.71. The first-order chi connectivity index (χ1) is 9.04. The lowest BCUT2D eigenvalue weighted by Gasteiger charge is -2.18. The molecule has 1 atom stereocenters. The van der Waals surface area contributed by atoms with Crippen LogP contribution in [-0.4, -0.2) is 49.3 Å². The van der Waals surface area contributed by atoms with E-state index < -0.39 is 6.10 Å². The first-order valence-corrected chi connectivity index (χ1v) is 6.20. The molecule has 1 aromatic carbocycles. The number of likely N-dealkylation sites (N-methyl/N-ethyl adjacent to an activating group) is 1. The summed E-state index contributed by atoms with van der Waals surface area (Å²) in [4.78, 5) is 13.3. The molecule has 0 aliphatic rings. The SMILES string of the molecule is COCC(O)CN(C)C(=O)C=Cc1ccccc1C. The van der Waals surface area contributed by atoms with Crippen LogP contribution in [0.1, 0.15) is 11.1 Å². The van der Waals surface area contributed by atoms with Crippen molar-refractivity contribution < 1.29 is 14.6 Å². The second kappa shape index (κ2) is 7.71. The van der Waals surface area contributed by atoms with Gasteiger partial charge in [0.05, 0.1) is 12.7 Å². The average Bonchev–Trinajstić information content (AvgIpc) is 2.37. The Bertz CT molecular complexity index is 443. The molecule has 1 unspecified atom stereocenters. The number of aliphatic hydroxyl groups excluding tert-OH is 1. The van der Waals surface area contributed by atoms with Gasteiger partial charge in [0.25, 0.3) is 0 Å². The van der Waals surface area contributed by atoms with Gasteiger partial charge in [-0.3, -0.25) is 4.79 Å². The molecule has 0 saturated heterocycles.